The van der Waals surface area contributed by atoms with Crippen molar-refractivity contribution in [2.75, 3.05) is 38.6 Å². The number of methoxy groups -OCH3 is 3. The van der Waals surface area contributed by atoms with Crippen molar-refractivity contribution in [2.24, 2.45) is 0 Å². The van der Waals surface area contributed by atoms with Gasteiger partial charge in [0.1, 0.15) is 11.6 Å². The summed E-state index contributed by atoms with van der Waals surface area (Å²) >= 11 is 0. The molecule has 11 heteroatoms. The molecule has 3 aromatic heterocycles. The van der Waals surface area contributed by atoms with E-state index in [-0.39, 0.29) is 0 Å². The summed E-state index contributed by atoms with van der Waals surface area (Å²) in [5.41, 5.74) is 1.44. The number of rotatable bonds is 7. The second-order valence-electron chi connectivity index (χ2n) is 6.84. The molecule has 0 aliphatic carbocycles. The standard InChI is InChI=1S/C21H22FN7O3/c1-11-14(22)10-13-19(24-11)27-28-20(13)29(2)17-6-7-23-21(26-17)25-12-8-15(30-3)18(32-5)16(9-12)31-4/h6-10H,1-5H3,(H,23,25,26)(H,24,27,28). The fourth-order valence-corrected chi connectivity index (χ4v) is 3.25. The summed E-state index contributed by atoms with van der Waals surface area (Å²) < 4.78 is 30.2. The van der Waals surface area contributed by atoms with E-state index in [1.54, 1.807) is 57.5 Å². The SMILES string of the molecule is COc1cc(Nc2nccc(N(C)c3n[nH]c4nc(C)c(F)cc34)n2)cc(OC)c1OC. The molecule has 0 bridgehead atoms. The summed E-state index contributed by atoms with van der Waals surface area (Å²) in [7, 11) is 6.40. The number of aromatic nitrogens is 5. The molecule has 2 N–H and O–H groups in total. The molecule has 0 fully saturated rings. The smallest absolute Gasteiger partial charge is 0.229 e. The van der Waals surface area contributed by atoms with Crippen LogP contribution in [-0.2, 0) is 0 Å². The molecule has 0 unspecified atom stereocenters. The van der Waals surface area contributed by atoms with Crippen LogP contribution in [0.2, 0.25) is 0 Å². The van der Waals surface area contributed by atoms with Crippen LogP contribution in [0.1, 0.15) is 5.69 Å². The van der Waals surface area contributed by atoms with Crippen molar-refractivity contribution >= 4 is 34.3 Å². The molecule has 3 heterocycles. The van der Waals surface area contributed by atoms with Crippen LogP contribution in [0.3, 0.4) is 0 Å². The highest BCUT2D eigenvalue weighted by Crippen LogP contribution is 2.40. The van der Waals surface area contributed by atoms with Crippen LogP contribution in [-0.4, -0.2) is 53.5 Å². The number of hydrogen-bond donors (Lipinski definition) is 2. The number of halogens is 1. The minimum atomic E-state index is -0.402. The van der Waals surface area contributed by atoms with Gasteiger partial charge in [-0.2, -0.15) is 10.1 Å². The van der Waals surface area contributed by atoms with Gasteiger partial charge in [-0.1, -0.05) is 0 Å². The number of nitrogens with zero attached hydrogens (tertiary/aromatic N) is 5. The quantitative estimate of drug-likeness (QED) is 0.445. The number of pyridine rings is 1. The second-order valence-corrected chi connectivity index (χ2v) is 6.84. The third-order valence-corrected chi connectivity index (χ3v) is 4.88. The largest absolute Gasteiger partial charge is 0.493 e. The lowest BCUT2D eigenvalue weighted by Crippen LogP contribution is -2.13. The lowest BCUT2D eigenvalue weighted by Gasteiger charge is -2.17. The van der Waals surface area contributed by atoms with Crippen LogP contribution >= 0.6 is 0 Å². The first-order chi connectivity index (χ1) is 15.4. The number of H-pyrrole nitrogens is 1. The van der Waals surface area contributed by atoms with E-state index in [1.807, 2.05) is 0 Å². The van der Waals surface area contributed by atoms with E-state index in [0.29, 0.717) is 57.2 Å². The number of hydrogen-bond acceptors (Lipinski definition) is 9. The normalized spacial score (nSPS) is 10.8. The third kappa shape index (κ3) is 3.80. The predicted octanol–water partition coefficient (Wildman–Crippen LogP) is 3.73. The third-order valence-electron chi connectivity index (χ3n) is 4.88. The van der Waals surface area contributed by atoms with Gasteiger partial charge in [0.05, 0.1) is 32.4 Å². The number of nitrogens with one attached hydrogen (secondary N) is 2. The summed E-state index contributed by atoms with van der Waals surface area (Å²) in [6.45, 7) is 1.60. The Hall–Kier alpha value is -4.15. The van der Waals surface area contributed by atoms with Crippen molar-refractivity contribution in [3.8, 4) is 17.2 Å². The highest BCUT2D eigenvalue weighted by atomic mass is 19.1. The zero-order valence-electron chi connectivity index (χ0n) is 18.2. The molecule has 0 saturated heterocycles. The first-order valence-corrected chi connectivity index (χ1v) is 9.60. The molecule has 4 aromatic rings. The molecule has 32 heavy (non-hydrogen) atoms. The molecular formula is C21H22FN7O3. The van der Waals surface area contributed by atoms with Crippen LogP contribution in [0.15, 0.2) is 30.5 Å². The van der Waals surface area contributed by atoms with Crippen LogP contribution in [0.5, 0.6) is 17.2 Å². The van der Waals surface area contributed by atoms with E-state index in [9.17, 15) is 4.39 Å². The highest BCUT2D eigenvalue weighted by Gasteiger charge is 2.17. The lowest BCUT2D eigenvalue weighted by atomic mass is 10.2. The van der Waals surface area contributed by atoms with Crippen molar-refractivity contribution in [1.29, 1.82) is 0 Å². The van der Waals surface area contributed by atoms with Gasteiger partial charge in [0.15, 0.2) is 23.0 Å². The van der Waals surface area contributed by atoms with Gasteiger partial charge in [-0.05, 0) is 19.1 Å². The van der Waals surface area contributed by atoms with Crippen LogP contribution in [0.4, 0.5) is 27.7 Å². The predicted molar refractivity (Wildman–Crippen MR) is 118 cm³/mol. The van der Waals surface area contributed by atoms with Crippen LogP contribution in [0, 0.1) is 12.7 Å². The number of aryl methyl sites for hydroxylation is 1. The first kappa shape index (κ1) is 21.1. The maximum atomic E-state index is 14.1. The van der Waals surface area contributed by atoms with Gasteiger partial charge < -0.3 is 24.4 Å². The summed E-state index contributed by atoms with van der Waals surface area (Å²) in [6, 6.07) is 6.63. The number of fused-ring (bicyclic) bond motifs is 1. The molecule has 166 valence electrons. The Bertz CT molecular complexity index is 1250. The van der Waals surface area contributed by atoms with Crippen molar-refractivity contribution in [2.45, 2.75) is 6.92 Å². The zero-order valence-corrected chi connectivity index (χ0v) is 18.2. The minimum absolute atomic E-state index is 0.300. The van der Waals surface area contributed by atoms with Gasteiger partial charge in [-0.3, -0.25) is 5.10 Å². The Labute approximate surface area is 183 Å². The van der Waals surface area contributed by atoms with E-state index in [1.165, 1.54) is 13.2 Å². The van der Waals surface area contributed by atoms with E-state index in [0.717, 1.165) is 0 Å². The molecule has 1 aromatic carbocycles. The van der Waals surface area contributed by atoms with Gasteiger partial charge in [0, 0.05) is 31.1 Å². The van der Waals surface area contributed by atoms with Crippen molar-refractivity contribution < 1.29 is 18.6 Å². The Morgan fingerprint density at radius 1 is 1.03 bits per heavy atom. The average molecular weight is 439 g/mol. The first-order valence-electron chi connectivity index (χ1n) is 9.60. The fraction of sp³-hybridized carbons (Fsp3) is 0.238. The van der Waals surface area contributed by atoms with Crippen molar-refractivity contribution in [1.82, 2.24) is 25.1 Å². The molecule has 0 aliphatic heterocycles. The van der Waals surface area contributed by atoms with Gasteiger partial charge in [0.25, 0.3) is 0 Å². The molecule has 4 rings (SSSR count). The van der Waals surface area contributed by atoms with Crippen LogP contribution < -0.4 is 24.4 Å². The van der Waals surface area contributed by atoms with E-state index in [2.05, 4.69) is 30.5 Å². The summed E-state index contributed by atoms with van der Waals surface area (Å²) in [5, 5.41) is 10.8. The molecule has 0 amide bonds. The van der Waals surface area contributed by atoms with Gasteiger partial charge in [-0.25, -0.2) is 14.4 Å². The van der Waals surface area contributed by atoms with E-state index >= 15 is 0 Å². The Morgan fingerprint density at radius 2 is 1.75 bits per heavy atom. The number of ether oxygens (including phenoxy) is 3. The second kappa shape index (κ2) is 8.53. The van der Waals surface area contributed by atoms with Gasteiger partial charge in [0.2, 0.25) is 11.7 Å². The van der Waals surface area contributed by atoms with E-state index in [4.69, 9.17) is 14.2 Å². The average Bonchev–Trinajstić information content (AvgIpc) is 3.20. The summed E-state index contributed by atoms with van der Waals surface area (Å²) in [4.78, 5) is 14.7. The minimum Gasteiger partial charge on any atom is -0.493 e. The molecule has 10 nitrogen and oxygen atoms in total. The molecule has 0 aliphatic rings. The maximum Gasteiger partial charge on any atom is 0.229 e. The molecule has 0 saturated carbocycles. The van der Waals surface area contributed by atoms with Gasteiger partial charge in [-0.15, -0.1) is 0 Å². The molecule has 0 spiro atoms. The Morgan fingerprint density at radius 3 is 2.41 bits per heavy atom. The number of anilines is 4. The number of benzene rings is 1. The number of aromatic amines is 1. The highest BCUT2D eigenvalue weighted by molar-refractivity contribution is 5.89. The van der Waals surface area contributed by atoms with E-state index < -0.39 is 5.82 Å². The van der Waals surface area contributed by atoms with Crippen molar-refractivity contribution in [3.05, 3.63) is 42.0 Å². The molecule has 0 radical (unpaired) electrons. The monoisotopic (exact) mass is 439 g/mol. The van der Waals surface area contributed by atoms with Gasteiger partial charge >= 0.3 is 0 Å². The molecular weight excluding hydrogens is 417 g/mol. The topological polar surface area (TPSA) is 110 Å². The Kier molecular flexibility index (Phi) is 5.63. The lowest BCUT2D eigenvalue weighted by molar-refractivity contribution is 0.324. The Balaban J connectivity index is 1.65. The van der Waals surface area contributed by atoms with Crippen molar-refractivity contribution in [3.63, 3.8) is 0 Å². The fourth-order valence-electron chi connectivity index (χ4n) is 3.25. The zero-order chi connectivity index (χ0) is 22.8. The summed E-state index contributed by atoms with van der Waals surface area (Å²) in [6.07, 6.45) is 1.61. The molecule has 0 atom stereocenters. The van der Waals surface area contributed by atoms with Crippen LogP contribution in [0.25, 0.3) is 11.0 Å². The maximum absolute atomic E-state index is 14.1. The summed E-state index contributed by atoms with van der Waals surface area (Å²) in [5.74, 6) is 2.44.